The first-order valence-corrected chi connectivity index (χ1v) is 14.1. The molecule has 1 fully saturated rings. The summed E-state index contributed by atoms with van der Waals surface area (Å²) >= 11 is 1.12. The zero-order valence-electron chi connectivity index (χ0n) is 23.0. The molecule has 6 N–H and O–H groups in total. The number of hydrogen-bond acceptors (Lipinski definition) is 10. The molecule has 43 heavy (non-hydrogen) atoms. The second-order valence-corrected chi connectivity index (χ2v) is 12.4. The fourth-order valence-electron chi connectivity index (χ4n) is 5.26. The van der Waals surface area contributed by atoms with Crippen molar-refractivity contribution in [3.63, 3.8) is 0 Å². The minimum Gasteiger partial charge on any atom is -0.504 e. The second-order valence-electron chi connectivity index (χ2n) is 11.1. The number of carbonyl (C=O) groups excluding carboxylic acids is 1. The molecule has 4 aromatic rings. The number of fused-ring (bicyclic) bond motifs is 2. The van der Waals surface area contributed by atoms with Crippen LogP contribution in [0.1, 0.15) is 46.4 Å². The largest absolute Gasteiger partial charge is 0.573 e. The maximum atomic E-state index is 13.3. The van der Waals surface area contributed by atoms with E-state index in [1.165, 1.54) is 24.3 Å². The third-order valence-corrected chi connectivity index (χ3v) is 8.54. The van der Waals surface area contributed by atoms with Crippen molar-refractivity contribution in [3.05, 3.63) is 58.2 Å². The number of aromatic nitrogens is 2. The molecule has 0 unspecified atom stereocenters. The molecule has 10 nitrogen and oxygen atoms in total. The number of phenolic OH excluding ortho intramolecular Hbond substituents is 2. The number of nitrogens with two attached hydrogens (primary N) is 1. The van der Waals surface area contributed by atoms with Crippen LogP contribution in [0.2, 0.25) is 0 Å². The number of aliphatic hydroxyl groups is 1. The number of ether oxygens (including phenoxy) is 2. The van der Waals surface area contributed by atoms with Crippen LogP contribution in [0.4, 0.5) is 13.2 Å². The number of rotatable bonds is 7. The Hall–Kier alpha value is -4.14. The number of pyridine rings is 1. The van der Waals surface area contributed by atoms with Crippen molar-refractivity contribution in [2.45, 2.75) is 44.2 Å². The molecule has 2 atom stereocenters. The van der Waals surface area contributed by atoms with Crippen molar-refractivity contribution < 1.29 is 42.8 Å². The lowest BCUT2D eigenvalue weighted by Crippen LogP contribution is -2.43. The zero-order valence-corrected chi connectivity index (χ0v) is 23.8. The van der Waals surface area contributed by atoms with Crippen molar-refractivity contribution >= 4 is 27.5 Å². The predicted molar refractivity (Wildman–Crippen MR) is 150 cm³/mol. The van der Waals surface area contributed by atoms with Gasteiger partial charge in [0, 0.05) is 16.7 Å². The monoisotopic (exact) mass is 616 g/mol. The summed E-state index contributed by atoms with van der Waals surface area (Å²) in [5.74, 6) is -1.93. The Labute approximate surface area is 246 Å². The van der Waals surface area contributed by atoms with E-state index in [-0.39, 0.29) is 53.0 Å². The van der Waals surface area contributed by atoms with Gasteiger partial charge in [0.25, 0.3) is 5.91 Å². The molecule has 6 rings (SSSR count). The molecule has 0 saturated heterocycles. The van der Waals surface area contributed by atoms with E-state index in [0.29, 0.717) is 39.4 Å². The summed E-state index contributed by atoms with van der Waals surface area (Å²) in [6.07, 6.45) is -3.70. The van der Waals surface area contributed by atoms with Crippen LogP contribution in [0.15, 0.2) is 36.4 Å². The van der Waals surface area contributed by atoms with Crippen molar-refractivity contribution in [1.29, 1.82) is 0 Å². The molecule has 1 amide bonds. The second kappa shape index (κ2) is 9.96. The lowest BCUT2D eigenvalue weighted by atomic mass is 9.87. The van der Waals surface area contributed by atoms with Crippen molar-refractivity contribution in [2.24, 2.45) is 11.7 Å². The van der Waals surface area contributed by atoms with E-state index in [1.54, 1.807) is 19.9 Å². The van der Waals surface area contributed by atoms with Crippen molar-refractivity contribution in [2.75, 3.05) is 13.2 Å². The molecule has 3 heterocycles. The highest BCUT2D eigenvalue weighted by atomic mass is 32.1. The van der Waals surface area contributed by atoms with Gasteiger partial charge in [0.1, 0.15) is 23.4 Å². The molecule has 1 aliphatic carbocycles. The standard InChI is InChI=1S/C29H27F3N4O6S/c1-13-35-24-20(42-29(30,31)32)8-15(9-21(24)43-13)26(39)34-11-28(40,16-4-5-16)22-10-17-25(41-12-27(17,2)33)23(36-22)14-3-6-18(37)19(38)7-14/h3,6-10,16,37-38,40H,4-5,11-12,33H2,1-2H3,(H,34,39)/t27-,28+/m0/s1. The Morgan fingerprint density at radius 3 is 2.60 bits per heavy atom. The molecule has 2 aromatic carbocycles. The van der Waals surface area contributed by atoms with Gasteiger partial charge in [-0.05, 0) is 69.0 Å². The maximum absolute atomic E-state index is 13.3. The number of hydrogen-bond donors (Lipinski definition) is 5. The van der Waals surface area contributed by atoms with E-state index in [4.69, 9.17) is 15.5 Å². The van der Waals surface area contributed by atoms with Gasteiger partial charge in [-0.25, -0.2) is 9.97 Å². The summed E-state index contributed by atoms with van der Waals surface area (Å²) in [5.41, 5.74) is 5.24. The fraction of sp³-hybridized carbons (Fsp3) is 0.345. The normalized spacial score (nSPS) is 19.5. The number of aryl methyl sites for hydroxylation is 1. The lowest BCUT2D eigenvalue weighted by Gasteiger charge is -2.30. The fourth-order valence-corrected chi connectivity index (χ4v) is 6.14. The Morgan fingerprint density at radius 1 is 1.19 bits per heavy atom. The first-order chi connectivity index (χ1) is 20.1. The molecule has 14 heteroatoms. The number of nitrogens with zero attached hydrogens (tertiary/aromatic N) is 2. The SMILES string of the molecule is Cc1nc2c(OC(F)(F)F)cc(C(=O)NC[C@](O)(c3cc4c(c(-c5ccc(O)c(O)c5)n3)OC[C@]4(C)N)C3CC3)cc2s1. The number of alkyl halides is 3. The van der Waals surface area contributed by atoms with Gasteiger partial charge in [0.05, 0.1) is 27.5 Å². The minimum atomic E-state index is -4.99. The predicted octanol–water partition coefficient (Wildman–Crippen LogP) is 4.57. The van der Waals surface area contributed by atoms with Crippen LogP contribution < -0.4 is 20.5 Å². The van der Waals surface area contributed by atoms with Crippen LogP contribution in [-0.4, -0.2) is 50.7 Å². The topological polar surface area (TPSA) is 160 Å². The Bertz CT molecular complexity index is 1770. The highest BCUT2D eigenvalue weighted by molar-refractivity contribution is 7.18. The van der Waals surface area contributed by atoms with Crippen LogP contribution in [-0.2, 0) is 11.1 Å². The first-order valence-electron chi connectivity index (χ1n) is 13.3. The summed E-state index contributed by atoms with van der Waals surface area (Å²) in [4.78, 5) is 22.1. The van der Waals surface area contributed by atoms with Gasteiger partial charge >= 0.3 is 6.36 Å². The summed E-state index contributed by atoms with van der Waals surface area (Å²) in [6, 6.07) is 8.18. The molecule has 0 spiro atoms. The third-order valence-electron chi connectivity index (χ3n) is 7.62. The van der Waals surface area contributed by atoms with E-state index < -0.39 is 29.2 Å². The van der Waals surface area contributed by atoms with Gasteiger partial charge in [-0.15, -0.1) is 24.5 Å². The number of halogens is 3. The number of carbonyl (C=O) groups is 1. The Morgan fingerprint density at radius 2 is 1.93 bits per heavy atom. The average molecular weight is 617 g/mol. The minimum absolute atomic E-state index is 0.00643. The van der Waals surface area contributed by atoms with Gasteiger partial charge < -0.3 is 35.8 Å². The summed E-state index contributed by atoms with van der Waals surface area (Å²) in [6.45, 7) is 3.22. The van der Waals surface area contributed by atoms with E-state index in [2.05, 4.69) is 15.0 Å². The summed E-state index contributed by atoms with van der Waals surface area (Å²) in [7, 11) is 0. The zero-order chi connectivity index (χ0) is 30.9. The number of aromatic hydroxyl groups is 2. The third kappa shape index (κ3) is 5.41. The number of thiazole rings is 1. The molecule has 1 saturated carbocycles. The molecular formula is C29H27F3N4O6S. The first kappa shape index (κ1) is 29.0. The van der Waals surface area contributed by atoms with Crippen LogP contribution in [0.3, 0.4) is 0 Å². The highest BCUT2D eigenvalue weighted by Crippen LogP contribution is 2.49. The van der Waals surface area contributed by atoms with E-state index in [9.17, 15) is 33.3 Å². The molecule has 0 bridgehead atoms. The Kier molecular flexibility index (Phi) is 6.71. The molecule has 2 aliphatic rings. The quantitative estimate of drug-likeness (QED) is 0.187. The van der Waals surface area contributed by atoms with Crippen LogP contribution in [0, 0.1) is 12.8 Å². The Balaban J connectivity index is 1.36. The van der Waals surface area contributed by atoms with Crippen LogP contribution in [0.5, 0.6) is 23.0 Å². The lowest BCUT2D eigenvalue weighted by molar-refractivity contribution is -0.274. The molecule has 226 valence electrons. The van der Waals surface area contributed by atoms with Crippen LogP contribution >= 0.6 is 11.3 Å². The number of nitrogens with one attached hydrogen (secondary N) is 1. The highest BCUT2D eigenvalue weighted by Gasteiger charge is 2.48. The molecule has 0 radical (unpaired) electrons. The smallest absolute Gasteiger partial charge is 0.504 e. The number of benzene rings is 2. The van der Waals surface area contributed by atoms with Crippen molar-refractivity contribution in [3.8, 4) is 34.3 Å². The molecular weight excluding hydrogens is 589 g/mol. The number of phenols is 2. The van der Waals surface area contributed by atoms with E-state index >= 15 is 0 Å². The summed E-state index contributed by atoms with van der Waals surface area (Å²) in [5, 5.41) is 35.2. The van der Waals surface area contributed by atoms with Gasteiger partial charge in [0.15, 0.2) is 23.0 Å². The number of amides is 1. The average Bonchev–Trinajstić information content (AvgIpc) is 3.65. The van der Waals surface area contributed by atoms with Gasteiger partial charge in [-0.2, -0.15) is 0 Å². The molecule has 1 aliphatic heterocycles. The van der Waals surface area contributed by atoms with E-state index in [1.807, 2.05) is 0 Å². The summed E-state index contributed by atoms with van der Waals surface area (Å²) < 4.78 is 49.7. The van der Waals surface area contributed by atoms with Gasteiger partial charge in [-0.1, -0.05) is 0 Å². The van der Waals surface area contributed by atoms with Gasteiger partial charge in [-0.3, -0.25) is 4.79 Å². The van der Waals surface area contributed by atoms with Crippen molar-refractivity contribution in [1.82, 2.24) is 15.3 Å². The van der Waals surface area contributed by atoms with Crippen LogP contribution in [0.25, 0.3) is 21.5 Å². The van der Waals surface area contributed by atoms with E-state index in [0.717, 1.165) is 17.4 Å². The molecule has 2 aromatic heterocycles. The maximum Gasteiger partial charge on any atom is 0.573 e. The van der Waals surface area contributed by atoms with Gasteiger partial charge in [0.2, 0.25) is 0 Å².